The van der Waals surface area contributed by atoms with Gasteiger partial charge in [0.1, 0.15) is 12.6 Å². The monoisotopic (exact) mass is 527 g/mol. The van der Waals surface area contributed by atoms with E-state index in [0.717, 1.165) is 28.1 Å². The van der Waals surface area contributed by atoms with Crippen molar-refractivity contribution < 1.29 is 18.0 Å². The van der Waals surface area contributed by atoms with Crippen LogP contribution in [-0.4, -0.2) is 50.5 Å². The summed E-state index contributed by atoms with van der Waals surface area (Å²) in [6.07, 6.45) is 1.80. The lowest BCUT2D eigenvalue weighted by Gasteiger charge is -2.32. The fourth-order valence-electron chi connectivity index (χ4n) is 3.49. The van der Waals surface area contributed by atoms with Gasteiger partial charge in [0.15, 0.2) is 0 Å². The van der Waals surface area contributed by atoms with Crippen molar-refractivity contribution in [2.75, 3.05) is 23.7 Å². The Labute approximate surface area is 212 Å². The summed E-state index contributed by atoms with van der Waals surface area (Å²) in [5, 5.41) is 3.48. The Bertz CT molecular complexity index is 1150. The number of nitrogens with one attached hydrogen (secondary N) is 1. The van der Waals surface area contributed by atoms with Crippen LogP contribution in [0, 0.1) is 13.8 Å². The maximum Gasteiger partial charge on any atom is 0.244 e. The molecule has 7 nitrogen and oxygen atoms in total. The molecule has 0 saturated heterocycles. The third-order valence-corrected chi connectivity index (χ3v) is 7.22. The number of hydrogen-bond donors (Lipinski definition) is 1. The highest BCUT2D eigenvalue weighted by Crippen LogP contribution is 2.26. The van der Waals surface area contributed by atoms with E-state index < -0.39 is 28.5 Å². The number of nitrogens with zero attached hydrogens (tertiary/aromatic N) is 2. The maximum absolute atomic E-state index is 13.5. The minimum Gasteiger partial charge on any atom is -0.354 e. The second kappa shape index (κ2) is 11.9. The Morgan fingerprint density at radius 1 is 1.06 bits per heavy atom. The van der Waals surface area contributed by atoms with Crippen LogP contribution in [0.5, 0.6) is 0 Å². The van der Waals surface area contributed by atoms with Crippen molar-refractivity contribution in [2.24, 2.45) is 0 Å². The number of amides is 2. The van der Waals surface area contributed by atoms with Gasteiger partial charge in [-0.25, -0.2) is 8.42 Å². The Hall–Kier alpha value is -2.29. The van der Waals surface area contributed by atoms with E-state index in [9.17, 15) is 18.0 Å². The summed E-state index contributed by atoms with van der Waals surface area (Å²) in [5.74, 6) is -0.844. The molecule has 0 aromatic heterocycles. The van der Waals surface area contributed by atoms with Crippen LogP contribution in [0.1, 0.15) is 37.0 Å². The molecule has 2 rings (SSSR count). The average Bonchev–Trinajstić information content (AvgIpc) is 2.75. The summed E-state index contributed by atoms with van der Waals surface area (Å²) in [7, 11) is -3.78. The van der Waals surface area contributed by atoms with Crippen LogP contribution in [0.25, 0.3) is 0 Å². The molecule has 0 aliphatic carbocycles. The van der Waals surface area contributed by atoms with Gasteiger partial charge in [-0.1, -0.05) is 53.9 Å². The number of carbonyl (C=O) groups excluding carboxylic acids is 2. The normalized spacial score (nSPS) is 12.2. The standard InChI is InChI=1S/C24H31Cl2N3O4S/c1-6-11-27-24(31)18(4)28(14-19-8-9-20(25)21(26)13-19)23(30)15-29(34(5,32)33)22-10-7-16(2)12-17(22)3/h7-10,12-13,18H,6,11,14-15H2,1-5H3,(H,27,31)/t18-/m1/s1. The lowest BCUT2D eigenvalue weighted by molar-refractivity contribution is -0.139. The largest absolute Gasteiger partial charge is 0.354 e. The third-order valence-electron chi connectivity index (χ3n) is 5.35. The molecule has 0 saturated carbocycles. The van der Waals surface area contributed by atoms with Crippen molar-refractivity contribution in [3.63, 3.8) is 0 Å². The molecule has 0 aliphatic heterocycles. The van der Waals surface area contributed by atoms with E-state index >= 15 is 0 Å². The highest BCUT2D eigenvalue weighted by atomic mass is 35.5. The number of benzene rings is 2. The average molecular weight is 529 g/mol. The first-order valence-corrected chi connectivity index (χ1v) is 13.5. The molecule has 0 aliphatic rings. The number of halogens is 2. The van der Waals surface area contributed by atoms with Crippen molar-refractivity contribution in [2.45, 2.75) is 46.7 Å². The molecule has 0 heterocycles. The van der Waals surface area contributed by atoms with Gasteiger partial charge < -0.3 is 10.2 Å². The predicted molar refractivity (Wildman–Crippen MR) is 138 cm³/mol. The molecule has 0 unspecified atom stereocenters. The second-order valence-corrected chi connectivity index (χ2v) is 11.0. The van der Waals surface area contributed by atoms with E-state index in [1.165, 1.54) is 4.90 Å². The minimum absolute atomic E-state index is 0.0565. The lowest BCUT2D eigenvalue weighted by atomic mass is 10.1. The predicted octanol–water partition coefficient (Wildman–Crippen LogP) is 4.32. The van der Waals surface area contributed by atoms with E-state index in [1.54, 1.807) is 44.2 Å². The third kappa shape index (κ3) is 7.35. The fraction of sp³-hybridized carbons (Fsp3) is 0.417. The Morgan fingerprint density at radius 3 is 2.29 bits per heavy atom. The van der Waals surface area contributed by atoms with Gasteiger partial charge in [0, 0.05) is 13.1 Å². The summed E-state index contributed by atoms with van der Waals surface area (Å²) in [6.45, 7) is 7.31. The topological polar surface area (TPSA) is 86.8 Å². The van der Waals surface area contributed by atoms with E-state index in [4.69, 9.17) is 23.2 Å². The molecule has 2 amide bonds. The molecular weight excluding hydrogens is 497 g/mol. The summed E-state index contributed by atoms with van der Waals surface area (Å²) in [5.41, 5.74) is 2.78. The zero-order chi connectivity index (χ0) is 25.6. The van der Waals surface area contributed by atoms with Gasteiger partial charge >= 0.3 is 0 Å². The van der Waals surface area contributed by atoms with Gasteiger partial charge in [-0.2, -0.15) is 0 Å². The first-order chi connectivity index (χ1) is 15.8. The van der Waals surface area contributed by atoms with E-state index in [2.05, 4.69) is 5.32 Å². The van der Waals surface area contributed by atoms with Gasteiger partial charge in [0.2, 0.25) is 21.8 Å². The van der Waals surface area contributed by atoms with Crippen molar-refractivity contribution in [1.82, 2.24) is 10.2 Å². The van der Waals surface area contributed by atoms with Crippen LogP contribution in [0.2, 0.25) is 10.0 Å². The van der Waals surface area contributed by atoms with Gasteiger partial charge in [-0.05, 0) is 56.5 Å². The summed E-state index contributed by atoms with van der Waals surface area (Å²) >= 11 is 12.2. The van der Waals surface area contributed by atoms with E-state index in [-0.39, 0.29) is 12.5 Å². The first-order valence-electron chi connectivity index (χ1n) is 10.9. The summed E-state index contributed by atoms with van der Waals surface area (Å²) in [6, 6.07) is 9.44. The SMILES string of the molecule is CCCNC(=O)[C@@H](C)N(Cc1ccc(Cl)c(Cl)c1)C(=O)CN(c1ccc(C)cc1C)S(C)(=O)=O. The van der Waals surface area contributed by atoms with Crippen LogP contribution in [0.3, 0.4) is 0 Å². The Morgan fingerprint density at radius 2 is 1.74 bits per heavy atom. The molecule has 0 fully saturated rings. The van der Waals surface area contributed by atoms with Crippen LogP contribution in [-0.2, 0) is 26.2 Å². The summed E-state index contributed by atoms with van der Waals surface area (Å²) < 4.78 is 26.4. The fourth-order valence-corrected chi connectivity index (χ4v) is 4.72. The number of hydrogen-bond acceptors (Lipinski definition) is 4. The molecule has 34 heavy (non-hydrogen) atoms. The number of aryl methyl sites for hydroxylation is 2. The van der Waals surface area contributed by atoms with Gasteiger partial charge in [0.25, 0.3) is 0 Å². The van der Waals surface area contributed by atoms with Crippen molar-refractivity contribution in [3.8, 4) is 0 Å². The number of sulfonamides is 1. The number of rotatable bonds is 10. The van der Waals surface area contributed by atoms with Gasteiger partial charge in [0.05, 0.1) is 22.0 Å². The van der Waals surface area contributed by atoms with Crippen LogP contribution >= 0.6 is 23.2 Å². The minimum atomic E-state index is -3.78. The van der Waals surface area contributed by atoms with Crippen molar-refractivity contribution in [3.05, 3.63) is 63.1 Å². The van der Waals surface area contributed by atoms with Crippen molar-refractivity contribution >= 4 is 50.7 Å². The zero-order valence-electron chi connectivity index (χ0n) is 20.1. The van der Waals surface area contributed by atoms with E-state index in [1.807, 2.05) is 19.9 Å². The molecule has 0 spiro atoms. The molecule has 0 bridgehead atoms. The highest BCUT2D eigenvalue weighted by Gasteiger charge is 2.30. The smallest absolute Gasteiger partial charge is 0.244 e. The second-order valence-electron chi connectivity index (χ2n) is 8.30. The molecule has 0 radical (unpaired) electrons. The molecule has 10 heteroatoms. The molecular formula is C24H31Cl2N3O4S. The lowest BCUT2D eigenvalue weighted by Crippen LogP contribution is -2.51. The Balaban J connectivity index is 2.42. The van der Waals surface area contributed by atoms with Gasteiger partial charge in [-0.15, -0.1) is 0 Å². The molecule has 2 aromatic carbocycles. The maximum atomic E-state index is 13.5. The van der Waals surface area contributed by atoms with Crippen molar-refractivity contribution in [1.29, 1.82) is 0 Å². The van der Waals surface area contributed by atoms with Gasteiger partial charge in [-0.3, -0.25) is 13.9 Å². The molecule has 186 valence electrons. The first kappa shape index (κ1) is 28.0. The zero-order valence-corrected chi connectivity index (χ0v) is 22.4. The number of carbonyl (C=O) groups is 2. The quantitative estimate of drug-likeness (QED) is 0.498. The molecule has 2 aromatic rings. The van der Waals surface area contributed by atoms with Crippen LogP contribution < -0.4 is 9.62 Å². The Kier molecular flexibility index (Phi) is 9.79. The highest BCUT2D eigenvalue weighted by molar-refractivity contribution is 7.92. The van der Waals surface area contributed by atoms with Crippen LogP contribution in [0.4, 0.5) is 5.69 Å². The summed E-state index contributed by atoms with van der Waals surface area (Å²) in [4.78, 5) is 27.6. The number of anilines is 1. The van der Waals surface area contributed by atoms with E-state index in [0.29, 0.717) is 27.8 Å². The molecule has 1 N–H and O–H groups in total. The molecule has 1 atom stereocenters. The van der Waals surface area contributed by atoms with Crippen LogP contribution in [0.15, 0.2) is 36.4 Å².